The fourth-order valence-electron chi connectivity index (χ4n) is 3.06. The van der Waals surface area contributed by atoms with Crippen LogP contribution in [0, 0.1) is 11.3 Å². The van der Waals surface area contributed by atoms with E-state index in [1.165, 1.54) is 0 Å². The molecule has 2 saturated heterocycles. The number of rotatable bonds is 1. The van der Waals surface area contributed by atoms with Gasteiger partial charge in [0, 0.05) is 44.3 Å². The number of amides is 2. The summed E-state index contributed by atoms with van der Waals surface area (Å²) in [5.41, 5.74) is 1.31. The van der Waals surface area contributed by atoms with Crippen LogP contribution in [0.5, 0.6) is 0 Å². The average molecular weight is 363 g/mol. The van der Waals surface area contributed by atoms with Gasteiger partial charge in [-0.05, 0) is 18.2 Å². The van der Waals surface area contributed by atoms with E-state index in [-0.39, 0.29) is 0 Å². The van der Waals surface area contributed by atoms with E-state index in [1.807, 2.05) is 11.0 Å². The van der Waals surface area contributed by atoms with Gasteiger partial charge in [0.05, 0.1) is 24.5 Å². The number of ether oxygens (including phenoxy) is 1. The number of halogens is 1. The molecule has 7 nitrogen and oxygen atoms in total. The molecule has 3 rings (SSSR count). The number of anilines is 1. The number of nitrogens with zero attached hydrogens (tertiary/aromatic N) is 4. The van der Waals surface area contributed by atoms with Gasteiger partial charge < -0.3 is 19.4 Å². The molecule has 0 spiro atoms. The van der Waals surface area contributed by atoms with Crippen molar-refractivity contribution >= 4 is 29.1 Å². The van der Waals surface area contributed by atoms with Gasteiger partial charge in [-0.1, -0.05) is 11.6 Å². The molecule has 2 heterocycles. The van der Waals surface area contributed by atoms with E-state index in [2.05, 4.69) is 6.07 Å². The Morgan fingerprint density at radius 1 is 1.00 bits per heavy atom. The Kier molecular flexibility index (Phi) is 5.41. The average Bonchev–Trinajstić information content (AvgIpc) is 2.67. The van der Waals surface area contributed by atoms with Crippen molar-refractivity contribution in [2.45, 2.75) is 0 Å². The standard InChI is InChI=1S/C17H19ClN4O3/c18-14-1-2-15(13(11-14)12-19)20-3-5-21(6-4-20)16(23)17(24)22-7-9-25-10-8-22/h1-2,11H,3-10H2. The number of hydrogen-bond donors (Lipinski definition) is 0. The second-order valence-corrected chi connectivity index (χ2v) is 6.39. The van der Waals surface area contributed by atoms with Crippen molar-refractivity contribution in [3.8, 4) is 6.07 Å². The number of carbonyl (C=O) groups excluding carboxylic acids is 2. The number of nitriles is 1. The lowest BCUT2D eigenvalue weighted by molar-refractivity contribution is -0.154. The molecule has 1 aromatic carbocycles. The largest absolute Gasteiger partial charge is 0.378 e. The predicted molar refractivity (Wildman–Crippen MR) is 92.4 cm³/mol. The van der Waals surface area contributed by atoms with Crippen LogP contribution in [-0.2, 0) is 14.3 Å². The van der Waals surface area contributed by atoms with Gasteiger partial charge >= 0.3 is 11.8 Å². The normalized spacial score (nSPS) is 18.0. The molecule has 2 amide bonds. The molecule has 0 atom stereocenters. The van der Waals surface area contributed by atoms with Gasteiger partial charge in [0.2, 0.25) is 0 Å². The Balaban J connectivity index is 1.61. The fraction of sp³-hybridized carbons (Fsp3) is 0.471. The van der Waals surface area contributed by atoms with Crippen LogP contribution in [0.25, 0.3) is 0 Å². The molecule has 8 heteroatoms. The molecule has 0 saturated carbocycles. The summed E-state index contributed by atoms with van der Waals surface area (Å²) < 4.78 is 5.21. The topological polar surface area (TPSA) is 76.9 Å². The Morgan fingerprint density at radius 3 is 2.20 bits per heavy atom. The number of benzene rings is 1. The number of carbonyl (C=O) groups is 2. The van der Waals surface area contributed by atoms with Crippen LogP contribution < -0.4 is 4.90 Å². The Bertz CT molecular complexity index is 704. The fourth-order valence-corrected chi connectivity index (χ4v) is 3.23. The Labute approximate surface area is 151 Å². The van der Waals surface area contributed by atoms with Crippen molar-refractivity contribution in [1.29, 1.82) is 5.26 Å². The lowest BCUT2D eigenvalue weighted by atomic mass is 10.1. The summed E-state index contributed by atoms with van der Waals surface area (Å²) in [7, 11) is 0. The Morgan fingerprint density at radius 2 is 1.60 bits per heavy atom. The van der Waals surface area contributed by atoms with E-state index >= 15 is 0 Å². The quantitative estimate of drug-likeness (QED) is 0.688. The molecule has 0 unspecified atom stereocenters. The molecular weight excluding hydrogens is 344 g/mol. The molecule has 0 bridgehead atoms. The highest BCUT2D eigenvalue weighted by molar-refractivity contribution is 6.35. The lowest BCUT2D eigenvalue weighted by Gasteiger charge is -2.37. The van der Waals surface area contributed by atoms with Crippen LogP contribution in [0.3, 0.4) is 0 Å². The summed E-state index contributed by atoms with van der Waals surface area (Å²) in [5, 5.41) is 9.79. The molecule has 0 radical (unpaired) electrons. The van der Waals surface area contributed by atoms with Gasteiger partial charge in [-0.25, -0.2) is 0 Å². The van der Waals surface area contributed by atoms with E-state index < -0.39 is 11.8 Å². The van der Waals surface area contributed by atoms with Crippen LogP contribution in [0.1, 0.15) is 5.56 Å². The monoisotopic (exact) mass is 362 g/mol. The second kappa shape index (κ2) is 7.72. The molecule has 0 N–H and O–H groups in total. The Hall–Kier alpha value is -2.30. The summed E-state index contributed by atoms with van der Waals surface area (Å²) >= 11 is 5.93. The first-order valence-corrected chi connectivity index (χ1v) is 8.58. The third-order valence-corrected chi connectivity index (χ3v) is 4.70. The number of morpholine rings is 1. The summed E-state index contributed by atoms with van der Waals surface area (Å²) in [6.07, 6.45) is 0. The van der Waals surface area contributed by atoms with Gasteiger partial charge in [0.25, 0.3) is 0 Å². The lowest BCUT2D eigenvalue weighted by Crippen LogP contribution is -2.54. The number of hydrogen-bond acceptors (Lipinski definition) is 5. The number of piperazine rings is 1. The van der Waals surface area contributed by atoms with Crippen LogP contribution in [0.15, 0.2) is 18.2 Å². The molecule has 0 aliphatic carbocycles. The van der Waals surface area contributed by atoms with Crippen molar-refractivity contribution in [1.82, 2.24) is 9.80 Å². The minimum atomic E-state index is -0.460. The summed E-state index contributed by atoms with van der Waals surface area (Å²) in [5.74, 6) is -0.917. The first kappa shape index (κ1) is 17.5. The van der Waals surface area contributed by atoms with E-state index in [4.69, 9.17) is 16.3 Å². The smallest absolute Gasteiger partial charge is 0.312 e. The van der Waals surface area contributed by atoms with E-state index in [0.29, 0.717) is 63.1 Å². The predicted octanol–water partition coefficient (Wildman–Crippen LogP) is 0.719. The van der Waals surface area contributed by atoms with Gasteiger partial charge in [-0.15, -0.1) is 0 Å². The maximum Gasteiger partial charge on any atom is 0.312 e. The van der Waals surface area contributed by atoms with Crippen LogP contribution in [0.4, 0.5) is 5.69 Å². The third kappa shape index (κ3) is 3.86. The molecule has 2 aliphatic rings. The summed E-state index contributed by atoms with van der Waals surface area (Å²) in [4.78, 5) is 29.9. The molecule has 1 aromatic rings. The molecule has 0 aromatic heterocycles. The summed E-state index contributed by atoms with van der Waals surface area (Å²) in [6.45, 7) is 3.89. The van der Waals surface area contributed by atoms with Crippen molar-refractivity contribution in [2.24, 2.45) is 0 Å². The highest BCUT2D eigenvalue weighted by Crippen LogP contribution is 2.24. The highest BCUT2D eigenvalue weighted by atomic mass is 35.5. The molecular formula is C17H19ClN4O3. The minimum absolute atomic E-state index is 0.447. The van der Waals surface area contributed by atoms with Crippen LogP contribution >= 0.6 is 11.6 Å². The van der Waals surface area contributed by atoms with E-state index in [0.717, 1.165) is 5.69 Å². The highest BCUT2D eigenvalue weighted by Gasteiger charge is 2.30. The zero-order valence-electron chi connectivity index (χ0n) is 13.8. The van der Waals surface area contributed by atoms with E-state index in [1.54, 1.807) is 21.9 Å². The first-order valence-electron chi connectivity index (χ1n) is 8.20. The van der Waals surface area contributed by atoms with Gasteiger partial charge in [-0.2, -0.15) is 5.26 Å². The van der Waals surface area contributed by atoms with Crippen molar-refractivity contribution in [3.05, 3.63) is 28.8 Å². The van der Waals surface area contributed by atoms with Crippen molar-refractivity contribution in [2.75, 3.05) is 57.4 Å². The minimum Gasteiger partial charge on any atom is -0.378 e. The van der Waals surface area contributed by atoms with Crippen molar-refractivity contribution in [3.63, 3.8) is 0 Å². The zero-order chi connectivity index (χ0) is 17.8. The first-order chi connectivity index (χ1) is 12.1. The third-order valence-electron chi connectivity index (χ3n) is 4.47. The molecule has 132 valence electrons. The van der Waals surface area contributed by atoms with E-state index in [9.17, 15) is 14.9 Å². The second-order valence-electron chi connectivity index (χ2n) is 5.96. The van der Waals surface area contributed by atoms with Gasteiger partial charge in [0.15, 0.2) is 0 Å². The molecule has 2 fully saturated rings. The van der Waals surface area contributed by atoms with Crippen LogP contribution in [0.2, 0.25) is 5.02 Å². The SMILES string of the molecule is N#Cc1cc(Cl)ccc1N1CCN(C(=O)C(=O)N2CCOCC2)CC1. The zero-order valence-corrected chi connectivity index (χ0v) is 14.5. The van der Waals surface area contributed by atoms with Crippen molar-refractivity contribution < 1.29 is 14.3 Å². The summed E-state index contributed by atoms with van der Waals surface area (Å²) in [6, 6.07) is 7.35. The van der Waals surface area contributed by atoms with Crippen LogP contribution in [-0.4, -0.2) is 74.1 Å². The molecule has 25 heavy (non-hydrogen) atoms. The van der Waals surface area contributed by atoms with Gasteiger partial charge in [0.1, 0.15) is 6.07 Å². The maximum absolute atomic E-state index is 12.4. The maximum atomic E-state index is 12.4. The molecule has 2 aliphatic heterocycles. The van der Waals surface area contributed by atoms with Gasteiger partial charge in [-0.3, -0.25) is 9.59 Å².